The van der Waals surface area contributed by atoms with Crippen molar-refractivity contribution < 1.29 is 19.1 Å². The Morgan fingerprint density at radius 1 is 1.19 bits per heavy atom. The van der Waals surface area contributed by atoms with Crippen molar-refractivity contribution in [1.82, 2.24) is 10.6 Å². The third kappa shape index (κ3) is 4.59. The van der Waals surface area contributed by atoms with Gasteiger partial charge >= 0.3 is 0 Å². The van der Waals surface area contributed by atoms with Crippen LogP contribution in [0.3, 0.4) is 0 Å². The lowest BCUT2D eigenvalue weighted by molar-refractivity contribution is -0.131. The number of nitrogens with one attached hydrogen (secondary N) is 2. The third-order valence-corrected chi connectivity index (χ3v) is 5.33. The first-order valence-electron chi connectivity index (χ1n) is 9.53. The Balaban J connectivity index is 1.54. The van der Waals surface area contributed by atoms with Gasteiger partial charge in [-0.2, -0.15) is 0 Å². The number of anilines is 1. The van der Waals surface area contributed by atoms with Gasteiger partial charge in [0.25, 0.3) is 0 Å². The molecule has 2 N–H and O–H groups in total. The molecule has 146 valence electrons. The number of carbonyl (C=O) groups excluding carboxylic acids is 3. The SMILES string of the molecule is COc1ccc(N2C[C@@H](C(=O)N[C@@H](C)C(=O)NC3CCCC3)CC2=O)cc1. The van der Waals surface area contributed by atoms with Gasteiger partial charge in [0.15, 0.2) is 0 Å². The molecule has 0 unspecified atom stereocenters. The van der Waals surface area contributed by atoms with Crippen molar-refractivity contribution in [3.63, 3.8) is 0 Å². The fourth-order valence-electron chi connectivity index (χ4n) is 3.69. The fraction of sp³-hybridized carbons (Fsp3) is 0.550. The predicted molar refractivity (Wildman–Crippen MR) is 101 cm³/mol. The van der Waals surface area contributed by atoms with Crippen LogP contribution in [0.2, 0.25) is 0 Å². The minimum atomic E-state index is -0.608. The lowest BCUT2D eigenvalue weighted by Gasteiger charge is -2.20. The van der Waals surface area contributed by atoms with E-state index in [1.165, 1.54) is 0 Å². The maximum Gasteiger partial charge on any atom is 0.242 e. The molecule has 3 rings (SSSR count). The highest BCUT2D eigenvalue weighted by molar-refractivity contribution is 6.01. The summed E-state index contributed by atoms with van der Waals surface area (Å²) in [5.41, 5.74) is 0.739. The number of ether oxygens (including phenoxy) is 1. The molecule has 7 nitrogen and oxygen atoms in total. The standard InChI is InChI=1S/C20H27N3O4/c1-13(19(25)22-15-5-3-4-6-15)21-20(26)14-11-18(24)23(12-14)16-7-9-17(27-2)10-8-16/h7-10,13-15H,3-6,11-12H2,1-2H3,(H,21,26)(H,22,25)/t13-,14-/m0/s1. The molecule has 1 saturated heterocycles. The molecule has 1 aromatic carbocycles. The van der Waals surface area contributed by atoms with Crippen molar-refractivity contribution in [3.05, 3.63) is 24.3 Å². The van der Waals surface area contributed by atoms with Crippen molar-refractivity contribution in [1.29, 1.82) is 0 Å². The molecule has 1 aromatic rings. The summed E-state index contributed by atoms with van der Waals surface area (Å²) >= 11 is 0. The van der Waals surface area contributed by atoms with Crippen LogP contribution < -0.4 is 20.3 Å². The number of rotatable bonds is 6. The van der Waals surface area contributed by atoms with Gasteiger partial charge in [0.05, 0.1) is 13.0 Å². The van der Waals surface area contributed by atoms with Crippen LogP contribution >= 0.6 is 0 Å². The Labute approximate surface area is 159 Å². The van der Waals surface area contributed by atoms with E-state index in [0.717, 1.165) is 31.4 Å². The molecule has 0 spiro atoms. The normalized spacial score (nSPS) is 21.2. The van der Waals surface area contributed by atoms with E-state index in [1.807, 2.05) is 0 Å². The summed E-state index contributed by atoms with van der Waals surface area (Å²) in [6.45, 7) is 1.99. The van der Waals surface area contributed by atoms with Crippen molar-refractivity contribution in [2.75, 3.05) is 18.6 Å². The van der Waals surface area contributed by atoms with Gasteiger partial charge in [0.1, 0.15) is 11.8 Å². The van der Waals surface area contributed by atoms with Crippen LogP contribution in [0.25, 0.3) is 0 Å². The molecule has 0 radical (unpaired) electrons. The zero-order chi connectivity index (χ0) is 19.4. The van der Waals surface area contributed by atoms with Gasteiger partial charge in [0, 0.05) is 24.7 Å². The van der Waals surface area contributed by atoms with Gasteiger partial charge < -0.3 is 20.3 Å². The van der Waals surface area contributed by atoms with Crippen LogP contribution in [-0.4, -0.2) is 43.5 Å². The molecule has 1 aliphatic heterocycles. The van der Waals surface area contributed by atoms with Crippen molar-refractivity contribution >= 4 is 23.4 Å². The summed E-state index contributed by atoms with van der Waals surface area (Å²) in [6, 6.07) is 6.78. The number of benzene rings is 1. The summed E-state index contributed by atoms with van der Waals surface area (Å²) in [5, 5.41) is 5.74. The maximum absolute atomic E-state index is 12.5. The highest BCUT2D eigenvalue weighted by atomic mass is 16.5. The fourth-order valence-corrected chi connectivity index (χ4v) is 3.69. The van der Waals surface area contributed by atoms with E-state index < -0.39 is 12.0 Å². The van der Waals surface area contributed by atoms with Crippen LogP contribution in [0.15, 0.2) is 24.3 Å². The number of hydrogen-bond acceptors (Lipinski definition) is 4. The second kappa shape index (κ2) is 8.41. The average Bonchev–Trinajstić information content (AvgIpc) is 3.31. The van der Waals surface area contributed by atoms with Gasteiger partial charge in [-0.1, -0.05) is 12.8 Å². The molecule has 1 aliphatic carbocycles. The van der Waals surface area contributed by atoms with Crippen LogP contribution in [0, 0.1) is 5.92 Å². The smallest absolute Gasteiger partial charge is 0.242 e. The first-order valence-corrected chi connectivity index (χ1v) is 9.53. The third-order valence-electron chi connectivity index (χ3n) is 5.33. The number of hydrogen-bond donors (Lipinski definition) is 2. The summed E-state index contributed by atoms with van der Waals surface area (Å²) in [4.78, 5) is 38.7. The van der Waals surface area contributed by atoms with Gasteiger partial charge in [-0.3, -0.25) is 14.4 Å². The molecular weight excluding hydrogens is 346 g/mol. The van der Waals surface area contributed by atoms with E-state index in [4.69, 9.17) is 4.74 Å². The average molecular weight is 373 g/mol. The van der Waals surface area contributed by atoms with Gasteiger partial charge in [0.2, 0.25) is 17.7 Å². The Hall–Kier alpha value is -2.57. The van der Waals surface area contributed by atoms with Crippen LogP contribution in [0.5, 0.6) is 5.75 Å². The largest absolute Gasteiger partial charge is 0.497 e. The monoisotopic (exact) mass is 373 g/mol. The van der Waals surface area contributed by atoms with Crippen molar-refractivity contribution in [3.8, 4) is 5.75 Å². The minimum Gasteiger partial charge on any atom is -0.497 e. The number of nitrogens with zero attached hydrogens (tertiary/aromatic N) is 1. The molecule has 2 aliphatic rings. The van der Waals surface area contributed by atoms with E-state index in [9.17, 15) is 14.4 Å². The van der Waals surface area contributed by atoms with Crippen molar-refractivity contribution in [2.45, 2.75) is 51.1 Å². The first kappa shape index (κ1) is 19.2. The van der Waals surface area contributed by atoms with Gasteiger partial charge in [-0.05, 0) is 44.0 Å². The van der Waals surface area contributed by atoms with Gasteiger partial charge in [-0.15, -0.1) is 0 Å². The number of methoxy groups -OCH3 is 1. The topological polar surface area (TPSA) is 87.7 Å². The molecule has 2 fully saturated rings. The molecule has 1 saturated carbocycles. The highest BCUT2D eigenvalue weighted by Gasteiger charge is 2.36. The maximum atomic E-state index is 12.5. The molecule has 7 heteroatoms. The van der Waals surface area contributed by atoms with Crippen LogP contribution in [0.1, 0.15) is 39.0 Å². The predicted octanol–water partition coefficient (Wildman–Crippen LogP) is 1.61. The first-order chi connectivity index (χ1) is 13.0. The van der Waals surface area contributed by atoms with E-state index in [1.54, 1.807) is 43.2 Å². The second-order valence-corrected chi connectivity index (χ2v) is 7.32. The van der Waals surface area contributed by atoms with E-state index in [-0.39, 0.29) is 30.2 Å². The zero-order valence-electron chi connectivity index (χ0n) is 15.9. The number of carbonyl (C=O) groups is 3. The van der Waals surface area contributed by atoms with Crippen LogP contribution in [-0.2, 0) is 14.4 Å². The quantitative estimate of drug-likeness (QED) is 0.793. The van der Waals surface area contributed by atoms with E-state index in [0.29, 0.717) is 12.3 Å². The molecule has 2 atom stereocenters. The Morgan fingerprint density at radius 2 is 1.85 bits per heavy atom. The summed E-state index contributed by atoms with van der Waals surface area (Å²) < 4.78 is 5.13. The minimum absolute atomic E-state index is 0.0941. The van der Waals surface area contributed by atoms with Crippen LogP contribution in [0.4, 0.5) is 5.69 Å². The zero-order valence-corrected chi connectivity index (χ0v) is 15.9. The van der Waals surface area contributed by atoms with Gasteiger partial charge in [-0.25, -0.2) is 0 Å². The van der Waals surface area contributed by atoms with Crippen molar-refractivity contribution in [2.24, 2.45) is 5.92 Å². The number of amides is 3. The lowest BCUT2D eigenvalue weighted by atomic mass is 10.1. The molecule has 0 bridgehead atoms. The molecule has 27 heavy (non-hydrogen) atoms. The summed E-state index contributed by atoms with van der Waals surface area (Å²) in [7, 11) is 1.58. The second-order valence-electron chi connectivity index (χ2n) is 7.32. The summed E-state index contributed by atoms with van der Waals surface area (Å²) in [6.07, 6.45) is 4.42. The lowest BCUT2D eigenvalue weighted by Crippen LogP contribution is -2.49. The van der Waals surface area contributed by atoms with E-state index in [2.05, 4.69) is 10.6 Å². The Bertz CT molecular complexity index is 698. The Morgan fingerprint density at radius 3 is 2.48 bits per heavy atom. The molecule has 3 amide bonds. The van der Waals surface area contributed by atoms with E-state index >= 15 is 0 Å². The highest BCUT2D eigenvalue weighted by Crippen LogP contribution is 2.27. The molecule has 1 heterocycles. The molecular formula is C20H27N3O4. The summed E-state index contributed by atoms with van der Waals surface area (Å²) in [5.74, 6) is -0.258. The molecule has 0 aromatic heterocycles. The Kier molecular flexibility index (Phi) is 5.98.